The molecule has 132 valence electrons. The number of ether oxygens (including phenoxy) is 1. The number of benzene rings is 1. The second kappa shape index (κ2) is 7.14. The molecule has 2 aromatic heterocycles. The highest BCUT2D eigenvalue weighted by Gasteiger charge is 2.17. The predicted octanol–water partition coefficient (Wildman–Crippen LogP) is 3.85. The second-order valence-corrected chi connectivity index (χ2v) is 6.07. The van der Waals surface area contributed by atoms with E-state index < -0.39 is 5.97 Å². The van der Waals surface area contributed by atoms with Gasteiger partial charge < -0.3 is 14.4 Å². The minimum atomic E-state index is -0.887. The molecular weight excluding hydrogens is 346 g/mol. The number of aliphatic carboxylic acids is 1. The van der Waals surface area contributed by atoms with E-state index in [1.54, 1.807) is 12.1 Å². The van der Waals surface area contributed by atoms with Gasteiger partial charge in [-0.1, -0.05) is 16.8 Å². The van der Waals surface area contributed by atoms with Crippen LogP contribution in [-0.2, 0) is 17.8 Å². The number of fused-ring (bicyclic) bond motifs is 1. The van der Waals surface area contributed by atoms with E-state index in [1.807, 2.05) is 30.8 Å². The van der Waals surface area contributed by atoms with Crippen molar-refractivity contribution < 1.29 is 19.2 Å². The van der Waals surface area contributed by atoms with Crippen molar-refractivity contribution >= 4 is 28.5 Å². The molecular formula is C17H18ClN3O4. The van der Waals surface area contributed by atoms with Crippen LogP contribution in [0.2, 0.25) is 5.02 Å². The van der Waals surface area contributed by atoms with Crippen molar-refractivity contribution in [3.05, 3.63) is 40.8 Å². The fraction of sp³-hybridized carbons (Fsp3) is 0.353. The quantitative estimate of drug-likeness (QED) is 0.685. The Morgan fingerprint density at radius 2 is 2.28 bits per heavy atom. The van der Waals surface area contributed by atoms with Crippen molar-refractivity contribution in [3.63, 3.8) is 0 Å². The average molecular weight is 364 g/mol. The lowest BCUT2D eigenvalue weighted by Crippen LogP contribution is -2.06. The van der Waals surface area contributed by atoms with Crippen molar-refractivity contribution in [3.8, 4) is 5.75 Å². The molecule has 0 aliphatic rings. The van der Waals surface area contributed by atoms with Crippen molar-refractivity contribution in [2.24, 2.45) is 0 Å². The zero-order chi connectivity index (χ0) is 18.0. The maximum Gasteiger partial charge on any atom is 0.303 e. The van der Waals surface area contributed by atoms with Gasteiger partial charge in [0.15, 0.2) is 5.58 Å². The molecule has 0 saturated heterocycles. The highest BCUT2D eigenvalue weighted by molar-refractivity contribution is 6.32. The summed E-state index contributed by atoms with van der Waals surface area (Å²) in [5.74, 6) is -0.420. The molecule has 3 rings (SSSR count). The number of hydrogen-bond donors (Lipinski definition) is 1. The van der Waals surface area contributed by atoms with E-state index in [0.29, 0.717) is 27.4 Å². The summed E-state index contributed by atoms with van der Waals surface area (Å²) in [4.78, 5) is 10.7. The van der Waals surface area contributed by atoms with Crippen LogP contribution in [-0.4, -0.2) is 26.0 Å². The molecule has 8 heteroatoms. The number of carboxylic acid groups (broad SMARTS) is 1. The van der Waals surface area contributed by atoms with Crippen LogP contribution in [0.1, 0.15) is 37.8 Å². The van der Waals surface area contributed by atoms with E-state index in [2.05, 4.69) is 10.3 Å². The maximum atomic E-state index is 10.7. The van der Waals surface area contributed by atoms with Gasteiger partial charge in [-0.25, -0.2) is 0 Å². The largest absolute Gasteiger partial charge is 0.483 e. The number of halogens is 1. The molecule has 0 aliphatic carbocycles. The average Bonchev–Trinajstić information content (AvgIpc) is 3.20. The molecule has 0 spiro atoms. The Morgan fingerprint density at radius 1 is 1.48 bits per heavy atom. The number of aromatic nitrogens is 3. The Morgan fingerprint density at radius 3 is 2.96 bits per heavy atom. The Balaban J connectivity index is 1.82. The van der Waals surface area contributed by atoms with E-state index in [9.17, 15) is 4.79 Å². The molecule has 0 aliphatic heterocycles. The van der Waals surface area contributed by atoms with Crippen molar-refractivity contribution in [2.45, 2.75) is 39.3 Å². The normalized spacial score (nSPS) is 12.4. The fourth-order valence-electron chi connectivity index (χ4n) is 2.51. The Hall–Kier alpha value is -2.54. The topological polar surface area (TPSA) is 90.4 Å². The molecule has 2 heterocycles. The van der Waals surface area contributed by atoms with Gasteiger partial charge in [-0.15, -0.1) is 0 Å². The minimum absolute atomic E-state index is 0.0192. The Labute approximate surface area is 149 Å². The lowest BCUT2D eigenvalue weighted by molar-refractivity contribution is -0.136. The number of aryl methyl sites for hydroxylation is 2. The van der Waals surface area contributed by atoms with Crippen molar-refractivity contribution in [1.82, 2.24) is 14.9 Å². The first-order valence-corrected chi connectivity index (χ1v) is 8.35. The number of carboxylic acids is 1. The van der Waals surface area contributed by atoms with Gasteiger partial charge in [0.2, 0.25) is 0 Å². The standard InChI is InChI=1S/C17H18ClN3O4/c1-3-21-7-6-13(19-21)10(2)24-16-9-15-11(8-12(16)18)14(20-25-15)4-5-17(22)23/h6-10H,3-5H2,1-2H3,(H,22,23)/t10-/m1/s1. The number of carbonyl (C=O) groups is 1. The number of hydrogen-bond acceptors (Lipinski definition) is 5. The first-order valence-electron chi connectivity index (χ1n) is 7.97. The predicted molar refractivity (Wildman–Crippen MR) is 91.9 cm³/mol. The van der Waals surface area contributed by atoms with E-state index in [-0.39, 0.29) is 18.9 Å². The fourth-order valence-corrected chi connectivity index (χ4v) is 2.71. The molecule has 3 aromatic rings. The summed E-state index contributed by atoms with van der Waals surface area (Å²) < 4.78 is 13.0. The van der Waals surface area contributed by atoms with E-state index in [1.165, 1.54) is 0 Å². The van der Waals surface area contributed by atoms with Gasteiger partial charge in [-0.05, 0) is 26.0 Å². The highest BCUT2D eigenvalue weighted by Crippen LogP contribution is 2.34. The summed E-state index contributed by atoms with van der Waals surface area (Å²) >= 11 is 6.32. The van der Waals surface area contributed by atoms with E-state index in [0.717, 1.165) is 12.2 Å². The Kier molecular flexibility index (Phi) is 4.94. The summed E-state index contributed by atoms with van der Waals surface area (Å²) in [6.45, 7) is 4.69. The molecule has 1 atom stereocenters. The van der Waals surface area contributed by atoms with Crippen molar-refractivity contribution in [2.75, 3.05) is 0 Å². The molecule has 0 saturated carbocycles. The number of rotatable bonds is 7. The SMILES string of the molecule is CCn1ccc([C@@H](C)Oc2cc3onc(CCC(=O)O)c3cc2Cl)n1. The van der Waals surface area contributed by atoms with Gasteiger partial charge in [0, 0.05) is 30.6 Å². The molecule has 0 amide bonds. The summed E-state index contributed by atoms with van der Waals surface area (Å²) in [5, 5.41) is 18.3. The molecule has 1 aromatic carbocycles. The van der Waals surface area contributed by atoms with Crippen LogP contribution in [0.4, 0.5) is 0 Å². The van der Waals surface area contributed by atoms with Crippen LogP contribution >= 0.6 is 11.6 Å². The lowest BCUT2D eigenvalue weighted by Gasteiger charge is -2.13. The van der Waals surface area contributed by atoms with Gasteiger partial charge in [-0.3, -0.25) is 9.48 Å². The zero-order valence-electron chi connectivity index (χ0n) is 13.9. The highest BCUT2D eigenvalue weighted by atomic mass is 35.5. The van der Waals surface area contributed by atoms with Gasteiger partial charge >= 0.3 is 5.97 Å². The minimum Gasteiger partial charge on any atom is -0.483 e. The van der Waals surface area contributed by atoms with Gasteiger partial charge in [0.05, 0.1) is 17.1 Å². The molecule has 7 nitrogen and oxygen atoms in total. The van der Waals surface area contributed by atoms with Crippen LogP contribution in [0.5, 0.6) is 5.75 Å². The third-order valence-electron chi connectivity index (χ3n) is 3.88. The van der Waals surface area contributed by atoms with Crippen LogP contribution in [0.3, 0.4) is 0 Å². The molecule has 0 fully saturated rings. The maximum absolute atomic E-state index is 10.7. The van der Waals surface area contributed by atoms with Gasteiger partial charge in [0.25, 0.3) is 0 Å². The van der Waals surface area contributed by atoms with E-state index in [4.69, 9.17) is 26.0 Å². The summed E-state index contributed by atoms with van der Waals surface area (Å²) in [6.07, 6.45) is 1.88. The first-order chi connectivity index (χ1) is 12.0. The summed E-state index contributed by atoms with van der Waals surface area (Å²) in [6, 6.07) is 5.26. The lowest BCUT2D eigenvalue weighted by atomic mass is 10.1. The monoisotopic (exact) mass is 363 g/mol. The molecule has 0 bridgehead atoms. The molecule has 0 radical (unpaired) electrons. The third kappa shape index (κ3) is 3.76. The summed E-state index contributed by atoms with van der Waals surface area (Å²) in [7, 11) is 0. The van der Waals surface area contributed by atoms with Gasteiger partial charge in [-0.2, -0.15) is 5.10 Å². The van der Waals surface area contributed by atoms with Crippen molar-refractivity contribution in [1.29, 1.82) is 0 Å². The van der Waals surface area contributed by atoms with Crippen LogP contribution < -0.4 is 4.74 Å². The van der Waals surface area contributed by atoms with Gasteiger partial charge in [0.1, 0.15) is 17.5 Å². The van der Waals surface area contributed by atoms with Crippen LogP contribution in [0, 0.1) is 0 Å². The smallest absolute Gasteiger partial charge is 0.303 e. The summed E-state index contributed by atoms with van der Waals surface area (Å²) in [5.41, 5.74) is 1.88. The molecule has 1 N–H and O–H groups in total. The third-order valence-corrected chi connectivity index (χ3v) is 4.18. The zero-order valence-corrected chi connectivity index (χ0v) is 14.7. The van der Waals surface area contributed by atoms with E-state index >= 15 is 0 Å². The first kappa shape index (κ1) is 17.3. The van der Waals surface area contributed by atoms with Crippen LogP contribution in [0.25, 0.3) is 11.0 Å². The Bertz CT molecular complexity index is 903. The number of nitrogens with zero attached hydrogens (tertiary/aromatic N) is 3. The molecule has 0 unspecified atom stereocenters. The second-order valence-electron chi connectivity index (χ2n) is 5.66. The van der Waals surface area contributed by atoms with Crippen LogP contribution in [0.15, 0.2) is 28.9 Å². The molecule has 25 heavy (non-hydrogen) atoms.